The third-order valence-electron chi connectivity index (χ3n) is 1.33. The number of methoxy groups -OCH3 is 1. The second-order valence-corrected chi connectivity index (χ2v) is 3.08. The quantitative estimate of drug-likeness (QED) is 0.605. The molecule has 0 radical (unpaired) electrons. The second kappa shape index (κ2) is 2.21. The Balaban J connectivity index is 2.19. The minimum absolute atomic E-state index is 0.307. The van der Waals surface area contributed by atoms with E-state index in [1.165, 1.54) is 0 Å². The number of ether oxygens (including phenoxy) is 2. The van der Waals surface area contributed by atoms with Crippen molar-refractivity contribution in [1.29, 1.82) is 0 Å². The van der Waals surface area contributed by atoms with Gasteiger partial charge in [-0.15, -0.1) is 0 Å². The molecule has 0 N–H and O–H groups in total. The average molecular weight is 157 g/mol. The molecule has 1 aromatic heterocycles. The molecule has 0 bridgehead atoms. The van der Waals surface area contributed by atoms with Gasteiger partial charge in [0.25, 0.3) is 5.19 Å². The summed E-state index contributed by atoms with van der Waals surface area (Å²) >= 11 is 1.55. The molecule has 3 nitrogen and oxygen atoms in total. The molecule has 10 heavy (non-hydrogen) atoms. The molecule has 1 saturated heterocycles. The highest BCUT2D eigenvalue weighted by atomic mass is 32.1. The Morgan fingerprint density at radius 2 is 2.70 bits per heavy atom. The van der Waals surface area contributed by atoms with Gasteiger partial charge in [0.15, 0.2) is 0 Å². The van der Waals surface area contributed by atoms with Gasteiger partial charge in [-0.05, 0) is 0 Å². The number of thiazole rings is 1. The Labute approximate surface area is 62.6 Å². The summed E-state index contributed by atoms with van der Waals surface area (Å²) in [6.07, 6.45) is 2.11. The molecule has 2 rings (SSSR count). The number of epoxide rings is 1. The Morgan fingerprint density at radius 3 is 3.20 bits per heavy atom. The smallest absolute Gasteiger partial charge is 0.273 e. The summed E-state index contributed by atoms with van der Waals surface area (Å²) in [5, 5.41) is 0.713. The van der Waals surface area contributed by atoms with E-state index >= 15 is 0 Å². The van der Waals surface area contributed by atoms with E-state index < -0.39 is 0 Å². The fourth-order valence-corrected chi connectivity index (χ4v) is 1.49. The number of aromatic nitrogens is 1. The first-order chi connectivity index (χ1) is 4.90. The third-order valence-corrected chi connectivity index (χ3v) is 2.38. The van der Waals surface area contributed by atoms with E-state index in [4.69, 9.17) is 9.47 Å². The van der Waals surface area contributed by atoms with Crippen LogP contribution in [0.15, 0.2) is 6.20 Å². The zero-order valence-electron chi connectivity index (χ0n) is 5.53. The van der Waals surface area contributed by atoms with Crippen molar-refractivity contribution in [2.24, 2.45) is 0 Å². The van der Waals surface area contributed by atoms with Gasteiger partial charge in [-0.2, -0.15) is 0 Å². The molecule has 1 unspecified atom stereocenters. The Hall–Kier alpha value is -0.610. The zero-order chi connectivity index (χ0) is 6.97. The molecule has 2 heterocycles. The SMILES string of the molecule is COc1ncc(C2CO2)s1. The van der Waals surface area contributed by atoms with Crippen molar-refractivity contribution in [2.75, 3.05) is 13.7 Å². The van der Waals surface area contributed by atoms with E-state index in [0.717, 1.165) is 11.5 Å². The maximum atomic E-state index is 5.07. The molecule has 0 amide bonds. The van der Waals surface area contributed by atoms with Crippen LogP contribution in [-0.4, -0.2) is 18.7 Å². The van der Waals surface area contributed by atoms with Gasteiger partial charge >= 0.3 is 0 Å². The minimum Gasteiger partial charge on any atom is -0.473 e. The first-order valence-corrected chi connectivity index (χ1v) is 3.83. The van der Waals surface area contributed by atoms with E-state index in [1.54, 1.807) is 24.6 Å². The Morgan fingerprint density at radius 1 is 1.90 bits per heavy atom. The molecule has 0 aromatic carbocycles. The molecule has 0 spiro atoms. The van der Waals surface area contributed by atoms with Crippen LogP contribution in [0.1, 0.15) is 11.0 Å². The van der Waals surface area contributed by atoms with Crippen LogP contribution in [0.4, 0.5) is 0 Å². The molecular formula is C6H7NO2S. The van der Waals surface area contributed by atoms with Gasteiger partial charge in [0, 0.05) is 6.20 Å². The molecular weight excluding hydrogens is 150 g/mol. The molecule has 0 saturated carbocycles. The zero-order valence-corrected chi connectivity index (χ0v) is 6.35. The fraction of sp³-hybridized carbons (Fsp3) is 0.500. The molecule has 1 aromatic rings. The van der Waals surface area contributed by atoms with E-state index in [-0.39, 0.29) is 0 Å². The van der Waals surface area contributed by atoms with Crippen molar-refractivity contribution in [1.82, 2.24) is 4.98 Å². The summed E-state index contributed by atoms with van der Waals surface area (Å²) in [6, 6.07) is 0. The van der Waals surface area contributed by atoms with Gasteiger partial charge in [-0.1, -0.05) is 11.3 Å². The molecule has 1 aliphatic rings. The van der Waals surface area contributed by atoms with Crippen LogP contribution in [0.25, 0.3) is 0 Å². The van der Waals surface area contributed by atoms with Gasteiger partial charge < -0.3 is 9.47 Å². The monoisotopic (exact) mass is 157 g/mol. The summed E-state index contributed by atoms with van der Waals surface area (Å²) in [6.45, 7) is 0.839. The highest BCUT2D eigenvalue weighted by molar-refractivity contribution is 7.13. The van der Waals surface area contributed by atoms with E-state index in [9.17, 15) is 0 Å². The maximum absolute atomic E-state index is 5.07. The lowest BCUT2D eigenvalue weighted by atomic mass is 10.4. The van der Waals surface area contributed by atoms with Crippen molar-refractivity contribution in [3.8, 4) is 5.19 Å². The van der Waals surface area contributed by atoms with Crippen LogP contribution in [0.5, 0.6) is 5.19 Å². The lowest BCUT2D eigenvalue weighted by molar-refractivity contribution is 0.412. The third kappa shape index (κ3) is 0.998. The van der Waals surface area contributed by atoms with Crippen LogP contribution in [0, 0.1) is 0 Å². The topological polar surface area (TPSA) is 34.6 Å². The largest absolute Gasteiger partial charge is 0.473 e. The lowest BCUT2D eigenvalue weighted by Gasteiger charge is -1.86. The van der Waals surface area contributed by atoms with Crippen LogP contribution < -0.4 is 4.74 Å². The molecule has 1 fully saturated rings. The number of nitrogens with zero attached hydrogens (tertiary/aromatic N) is 1. The van der Waals surface area contributed by atoms with E-state index in [2.05, 4.69) is 4.98 Å². The van der Waals surface area contributed by atoms with Crippen LogP contribution in [0.2, 0.25) is 0 Å². The van der Waals surface area contributed by atoms with Crippen molar-refractivity contribution >= 4 is 11.3 Å². The van der Waals surface area contributed by atoms with Crippen LogP contribution >= 0.6 is 11.3 Å². The minimum atomic E-state index is 0.307. The summed E-state index contributed by atoms with van der Waals surface area (Å²) in [5.74, 6) is 0. The van der Waals surface area contributed by atoms with Crippen molar-refractivity contribution in [3.63, 3.8) is 0 Å². The maximum Gasteiger partial charge on any atom is 0.273 e. The summed E-state index contributed by atoms with van der Waals surface area (Å²) in [4.78, 5) is 5.18. The summed E-state index contributed by atoms with van der Waals surface area (Å²) in [7, 11) is 1.62. The van der Waals surface area contributed by atoms with Crippen LogP contribution in [-0.2, 0) is 4.74 Å². The van der Waals surface area contributed by atoms with Crippen molar-refractivity contribution < 1.29 is 9.47 Å². The molecule has 4 heteroatoms. The highest BCUT2D eigenvalue weighted by Gasteiger charge is 2.27. The predicted octanol–water partition coefficient (Wildman–Crippen LogP) is 1.22. The molecule has 0 aliphatic carbocycles. The van der Waals surface area contributed by atoms with Crippen molar-refractivity contribution in [3.05, 3.63) is 11.1 Å². The normalized spacial score (nSPS) is 22.7. The lowest BCUT2D eigenvalue weighted by Crippen LogP contribution is -1.76. The first kappa shape index (κ1) is 6.12. The van der Waals surface area contributed by atoms with Crippen LogP contribution in [0.3, 0.4) is 0 Å². The van der Waals surface area contributed by atoms with Gasteiger partial charge in [0.05, 0.1) is 18.6 Å². The number of hydrogen-bond acceptors (Lipinski definition) is 4. The Kier molecular flexibility index (Phi) is 1.35. The van der Waals surface area contributed by atoms with E-state index in [0.29, 0.717) is 11.3 Å². The van der Waals surface area contributed by atoms with Gasteiger partial charge in [-0.3, -0.25) is 0 Å². The summed E-state index contributed by atoms with van der Waals surface area (Å²) in [5.41, 5.74) is 0. The number of hydrogen-bond donors (Lipinski definition) is 0. The van der Waals surface area contributed by atoms with Crippen molar-refractivity contribution in [2.45, 2.75) is 6.10 Å². The molecule has 1 aliphatic heterocycles. The first-order valence-electron chi connectivity index (χ1n) is 3.01. The Bertz CT molecular complexity index is 231. The molecule has 54 valence electrons. The predicted molar refractivity (Wildman–Crippen MR) is 37.4 cm³/mol. The fourth-order valence-electron chi connectivity index (χ4n) is 0.725. The van der Waals surface area contributed by atoms with E-state index in [1.807, 2.05) is 0 Å². The van der Waals surface area contributed by atoms with Gasteiger partial charge in [0.2, 0.25) is 0 Å². The average Bonchev–Trinajstić information content (AvgIpc) is 2.70. The van der Waals surface area contributed by atoms with Gasteiger partial charge in [-0.25, -0.2) is 4.98 Å². The highest BCUT2D eigenvalue weighted by Crippen LogP contribution is 2.35. The summed E-state index contributed by atoms with van der Waals surface area (Å²) < 4.78 is 9.99. The number of rotatable bonds is 2. The standard InChI is InChI=1S/C6H7NO2S/c1-8-6-7-2-5(10-6)4-3-9-4/h2,4H,3H2,1H3. The second-order valence-electron chi connectivity index (χ2n) is 2.05. The molecule has 1 atom stereocenters. The van der Waals surface area contributed by atoms with Gasteiger partial charge in [0.1, 0.15) is 6.10 Å².